The third-order valence-corrected chi connectivity index (χ3v) is 4.98. The summed E-state index contributed by atoms with van der Waals surface area (Å²) in [5, 5.41) is 16.4. The van der Waals surface area contributed by atoms with Crippen molar-refractivity contribution >= 4 is 21.8 Å². The van der Waals surface area contributed by atoms with Crippen LogP contribution in [0.5, 0.6) is 0 Å². The highest BCUT2D eigenvalue weighted by Crippen LogP contribution is 2.31. The second-order valence-corrected chi connectivity index (χ2v) is 6.88. The molecule has 0 saturated carbocycles. The van der Waals surface area contributed by atoms with Gasteiger partial charge in [-0.1, -0.05) is 0 Å². The Morgan fingerprint density at radius 3 is 2.79 bits per heavy atom. The van der Waals surface area contributed by atoms with Crippen molar-refractivity contribution < 1.29 is 0 Å². The molecule has 140 valence electrons. The molecule has 6 heterocycles. The zero-order chi connectivity index (χ0) is 19.4. The first-order valence-corrected chi connectivity index (χ1v) is 9.08. The highest BCUT2D eigenvalue weighted by Gasteiger charge is 2.15. The van der Waals surface area contributed by atoms with Gasteiger partial charge < -0.3 is 4.98 Å². The van der Waals surface area contributed by atoms with Crippen LogP contribution in [-0.4, -0.2) is 44.9 Å². The lowest BCUT2D eigenvalue weighted by atomic mass is 10.1. The number of aryl methyl sites for hydroxylation is 1. The quantitative estimate of drug-likeness (QED) is 0.434. The van der Waals surface area contributed by atoms with Gasteiger partial charge in [-0.05, 0) is 25.1 Å². The van der Waals surface area contributed by atoms with E-state index in [2.05, 4.69) is 46.4 Å². The molecule has 3 N–H and O–H groups in total. The molecule has 0 atom stereocenters. The smallest absolute Gasteiger partial charge is 0.147 e. The summed E-state index contributed by atoms with van der Waals surface area (Å²) < 4.78 is 1.93. The molecular weight excluding hydrogens is 366 g/mol. The molecule has 0 aliphatic carbocycles. The van der Waals surface area contributed by atoms with Crippen LogP contribution in [-0.2, 0) is 0 Å². The molecule has 0 amide bonds. The SMILES string of the molecule is Cc1cn(-c2nccc3[nH]c(-c4n[nH]c5cnc(-c6cn[nH]c6)cc45)cc23)cn1. The van der Waals surface area contributed by atoms with Crippen LogP contribution >= 0.6 is 0 Å². The van der Waals surface area contributed by atoms with Gasteiger partial charge in [-0.25, -0.2) is 9.97 Å². The summed E-state index contributed by atoms with van der Waals surface area (Å²) in [6.07, 6.45) is 10.9. The molecule has 6 aromatic rings. The highest BCUT2D eigenvalue weighted by molar-refractivity contribution is 5.98. The van der Waals surface area contributed by atoms with Crippen LogP contribution in [0.3, 0.4) is 0 Å². The van der Waals surface area contributed by atoms with E-state index in [1.54, 1.807) is 24.9 Å². The van der Waals surface area contributed by atoms with Gasteiger partial charge in [-0.15, -0.1) is 0 Å². The van der Waals surface area contributed by atoms with Crippen LogP contribution in [0.4, 0.5) is 0 Å². The Labute approximate surface area is 163 Å². The van der Waals surface area contributed by atoms with E-state index >= 15 is 0 Å². The lowest BCUT2D eigenvalue weighted by Gasteiger charge is -2.01. The fourth-order valence-electron chi connectivity index (χ4n) is 3.58. The number of hydrogen-bond donors (Lipinski definition) is 3. The fourth-order valence-corrected chi connectivity index (χ4v) is 3.58. The number of pyridine rings is 2. The van der Waals surface area contributed by atoms with Gasteiger partial charge in [-0.2, -0.15) is 10.2 Å². The molecule has 0 unspecified atom stereocenters. The van der Waals surface area contributed by atoms with E-state index < -0.39 is 0 Å². The third kappa shape index (κ3) is 2.44. The van der Waals surface area contributed by atoms with Gasteiger partial charge in [0.2, 0.25) is 0 Å². The van der Waals surface area contributed by atoms with Crippen LogP contribution in [0.25, 0.3) is 50.3 Å². The van der Waals surface area contributed by atoms with Gasteiger partial charge in [0.25, 0.3) is 0 Å². The predicted molar refractivity (Wildman–Crippen MR) is 108 cm³/mol. The van der Waals surface area contributed by atoms with E-state index in [1.807, 2.05) is 36.0 Å². The van der Waals surface area contributed by atoms with E-state index in [4.69, 9.17) is 0 Å². The third-order valence-electron chi connectivity index (χ3n) is 4.98. The normalized spacial score (nSPS) is 11.6. The maximum absolute atomic E-state index is 4.55. The second-order valence-electron chi connectivity index (χ2n) is 6.88. The Bertz CT molecular complexity index is 1470. The van der Waals surface area contributed by atoms with Crippen molar-refractivity contribution in [1.82, 2.24) is 44.9 Å². The monoisotopic (exact) mass is 381 g/mol. The summed E-state index contributed by atoms with van der Waals surface area (Å²) in [5.74, 6) is 0.825. The van der Waals surface area contributed by atoms with Crippen LogP contribution in [0.1, 0.15) is 5.69 Å². The first-order valence-electron chi connectivity index (χ1n) is 9.08. The molecule has 0 aromatic carbocycles. The summed E-state index contributed by atoms with van der Waals surface area (Å²) in [6, 6.07) is 6.04. The van der Waals surface area contributed by atoms with Crippen molar-refractivity contribution in [3.8, 4) is 28.5 Å². The molecule has 9 heteroatoms. The molecule has 0 fully saturated rings. The van der Waals surface area contributed by atoms with E-state index in [9.17, 15) is 0 Å². The number of hydrogen-bond acceptors (Lipinski definition) is 5. The number of fused-ring (bicyclic) bond motifs is 2. The molecule has 9 nitrogen and oxygen atoms in total. The molecule has 0 spiro atoms. The van der Waals surface area contributed by atoms with Gasteiger partial charge in [-0.3, -0.25) is 19.7 Å². The topological polar surface area (TPSA) is 117 Å². The maximum Gasteiger partial charge on any atom is 0.147 e. The minimum absolute atomic E-state index is 0.825. The van der Waals surface area contributed by atoms with E-state index in [-0.39, 0.29) is 0 Å². The summed E-state index contributed by atoms with van der Waals surface area (Å²) in [6.45, 7) is 1.96. The second kappa shape index (κ2) is 5.86. The number of nitrogens with zero attached hydrogens (tertiary/aromatic N) is 6. The lowest BCUT2D eigenvalue weighted by Crippen LogP contribution is -1.94. The first-order chi connectivity index (χ1) is 14.3. The fraction of sp³-hybridized carbons (Fsp3) is 0.0500. The van der Waals surface area contributed by atoms with Crippen molar-refractivity contribution in [3.63, 3.8) is 0 Å². The van der Waals surface area contributed by atoms with Crippen molar-refractivity contribution in [2.45, 2.75) is 6.92 Å². The summed E-state index contributed by atoms with van der Waals surface area (Å²) in [7, 11) is 0. The average molecular weight is 381 g/mol. The van der Waals surface area contributed by atoms with Gasteiger partial charge in [0.05, 0.1) is 40.5 Å². The van der Waals surface area contributed by atoms with E-state index in [1.165, 1.54) is 0 Å². The number of H-pyrrole nitrogens is 3. The minimum atomic E-state index is 0.825. The van der Waals surface area contributed by atoms with Crippen molar-refractivity contribution in [3.05, 3.63) is 61.2 Å². The van der Waals surface area contributed by atoms with E-state index in [0.29, 0.717) is 0 Å². The van der Waals surface area contributed by atoms with Gasteiger partial charge in [0, 0.05) is 34.9 Å². The highest BCUT2D eigenvalue weighted by atomic mass is 15.1. The molecule has 0 aliphatic rings. The average Bonchev–Trinajstić information content (AvgIpc) is 3.51. The number of nitrogens with one attached hydrogen (secondary N) is 3. The number of rotatable bonds is 3. The van der Waals surface area contributed by atoms with Gasteiger partial charge >= 0.3 is 0 Å². The summed E-state index contributed by atoms with van der Waals surface area (Å²) in [5.41, 5.74) is 6.29. The Morgan fingerprint density at radius 1 is 1.00 bits per heavy atom. The molecule has 6 rings (SSSR count). The number of aromatic nitrogens is 9. The Morgan fingerprint density at radius 2 is 1.97 bits per heavy atom. The maximum atomic E-state index is 4.55. The Kier molecular flexibility index (Phi) is 3.19. The van der Waals surface area contributed by atoms with Crippen LogP contribution < -0.4 is 0 Å². The van der Waals surface area contributed by atoms with Crippen molar-refractivity contribution in [2.24, 2.45) is 0 Å². The molecule has 0 saturated heterocycles. The molecule has 6 aromatic heterocycles. The van der Waals surface area contributed by atoms with Crippen LogP contribution in [0.2, 0.25) is 0 Å². The Balaban J connectivity index is 1.53. The zero-order valence-electron chi connectivity index (χ0n) is 15.4. The molecule has 0 bridgehead atoms. The summed E-state index contributed by atoms with van der Waals surface area (Å²) >= 11 is 0. The zero-order valence-corrected chi connectivity index (χ0v) is 15.4. The van der Waals surface area contributed by atoms with Crippen molar-refractivity contribution in [1.29, 1.82) is 0 Å². The molecule has 29 heavy (non-hydrogen) atoms. The van der Waals surface area contributed by atoms with Gasteiger partial charge in [0.1, 0.15) is 17.8 Å². The molecular formula is C20H15N9. The lowest BCUT2D eigenvalue weighted by molar-refractivity contribution is 1.01. The molecule has 0 aliphatic heterocycles. The van der Waals surface area contributed by atoms with E-state index in [0.717, 1.165) is 56.0 Å². The summed E-state index contributed by atoms with van der Waals surface area (Å²) in [4.78, 5) is 16.8. The van der Waals surface area contributed by atoms with Crippen LogP contribution in [0, 0.1) is 6.92 Å². The van der Waals surface area contributed by atoms with Crippen molar-refractivity contribution in [2.75, 3.05) is 0 Å². The predicted octanol–water partition coefficient (Wildman–Crippen LogP) is 3.39. The standard InChI is InChI=1S/C20H15N9/c1-11-9-29(10-23-11)20-14-5-17(26-15(14)2-3-21-20)19-13-4-16(12-6-24-25-7-12)22-8-18(13)27-28-19/h2-10,26H,1H3,(H,24,25)(H,27,28). The van der Waals surface area contributed by atoms with Crippen LogP contribution in [0.15, 0.2) is 55.5 Å². The Hall–Kier alpha value is -4.27. The minimum Gasteiger partial charge on any atom is -0.353 e. The largest absolute Gasteiger partial charge is 0.353 e. The van der Waals surface area contributed by atoms with Gasteiger partial charge in [0.15, 0.2) is 0 Å². The molecule has 0 radical (unpaired) electrons. The first kappa shape index (κ1) is 15.8. The number of aromatic amines is 3. The number of imidazole rings is 1.